The molecule has 3 nitrogen and oxygen atoms in total. The number of benzene rings is 3. The smallest absolute Gasteiger partial charge is 0.233 e. The van der Waals surface area contributed by atoms with E-state index in [1.165, 1.54) is 11.6 Å². The van der Waals surface area contributed by atoms with Crippen LogP contribution < -0.4 is 15.8 Å². The first-order valence-electron chi connectivity index (χ1n) is 9.71. The molecule has 0 heterocycles. The number of fused-ring (bicyclic) bond motifs is 2. The summed E-state index contributed by atoms with van der Waals surface area (Å²) in [5.41, 5.74) is 11.9. The number of hydrogen-bond donors (Lipinski definition) is 1. The van der Waals surface area contributed by atoms with Crippen LogP contribution in [0, 0.1) is 6.92 Å². The molecule has 0 spiro atoms. The predicted molar refractivity (Wildman–Crippen MR) is 118 cm³/mol. The van der Waals surface area contributed by atoms with Gasteiger partial charge in [-0.3, -0.25) is 9.59 Å². The normalized spacial score (nSPS) is 14.4. The van der Waals surface area contributed by atoms with Crippen LogP contribution in [-0.4, -0.2) is 11.6 Å². The van der Waals surface area contributed by atoms with Gasteiger partial charge in [0, 0.05) is 27.3 Å². The van der Waals surface area contributed by atoms with Crippen molar-refractivity contribution < 1.29 is 9.59 Å². The third kappa shape index (κ3) is 2.96. The number of carbonyl (C=O) groups is 2. The van der Waals surface area contributed by atoms with Gasteiger partial charge in [0.15, 0.2) is 0 Å². The average Bonchev–Trinajstić information content (AvgIpc) is 2.78. The summed E-state index contributed by atoms with van der Waals surface area (Å²) in [6, 6.07) is 23.2. The maximum atomic E-state index is 12.5. The second-order valence-corrected chi connectivity index (χ2v) is 7.33. The van der Waals surface area contributed by atoms with E-state index in [1.807, 2.05) is 67.6 Å². The van der Waals surface area contributed by atoms with E-state index in [0.29, 0.717) is 16.8 Å². The molecule has 0 amide bonds. The first-order valence-corrected chi connectivity index (χ1v) is 9.71. The molecule has 0 radical (unpaired) electrons. The first kappa shape index (κ1) is 17.9. The van der Waals surface area contributed by atoms with Crippen LogP contribution in [0.4, 0.5) is 5.69 Å². The molecule has 3 heteroatoms. The lowest BCUT2D eigenvalue weighted by Crippen LogP contribution is -2.30. The maximum absolute atomic E-state index is 12.5. The van der Waals surface area contributed by atoms with Gasteiger partial charge in [0.05, 0.1) is 5.70 Å². The Hall–Kier alpha value is -4.16. The molecular formula is C27H17NO2. The Kier molecular flexibility index (Phi) is 4.19. The number of anilines is 1. The predicted octanol–water partition coefficient (Wildman–Crippen LogP) is 3.54. The lowest BCUT2D eigenvalue weighted by atomic mass is 9.83. The number of nitrogens with one attached hydrogen (secondary N) is 1. The van der Waals surface area contributed by atoms with Gasteiger partial charge in [-0.25, -0.2) is 0 Å². The molecule has 0 aromatic heterocycles. The number of rotatable bonds is 3. The zero-order valence-electron chi connectivity index (χ0n) is 16.3. The Bertz CT molecular complexity index is 1460. The maximum Gasteiger partial charge on any atom is 0.233 e. The van der Waals surface area contributed by atoms with Gasteiger partial charge in [-0.15, -0.1) is 0 Å². The van der Waals surface area contributed by atoms with Gasteiger partial charge in [0.1, 0.15) is 0 Å². The van der Waals surface area contributed by atoms with Gasteiger partial charge in [0.25, 0.3) is 0 Å². The summed E-state index contributed by atoms with van der Waals surface area (Å²) in [5, 5.41) is 5.25. The highest BCUT2D eigenvalue weighted by Crippen LogP contribution is 2.34. The highest BCUT2D eigenvalue weighted by atomic mass is 16.2. The third-order valence-corrected chi connectivity index (χ3v) is 5.32. The molecule has 1 N–H and O–H groups in total. The van der Waals surface area contributed by atoms with Crippen LogP contribution in [0.3, 0.4) is 0 Å². The topological polar surface area (TPSA) is 46.2 Å². The number of allylic oxidation sites excluding steroid dienone is 2. The van der Waals surface area contributed by atoms with Crippen LogP contribution >= 0.6 is 0 Å². The second-order valence-electron chi connectivity index (χ2n) is 7.33. The second kappa shape index (κ2) is 7.02. The molecule has 3 aromatic carbocycles. The van der Waals surface area contributed by atoms with Crippen LogP contribution in [0.1, 0.15) is 21.5 Å². The number of carbonyl (C=O) groups excluding carboxylic acids is 2. The van der Waals surface area contributed by atoms with E-state index in [-0.39, 0.29) is 0 Å². The fourth-order valence-electron chi connectivity index (χ4n) is 3.82. The van der Waals surface area contributed by atoms with Crippen molar-refractivity contribution in [3.05, 3.63) is 117 Å². The molecule has 5 rings (SSSR count). The number of ketones is 2. The van der Waals surface area contributed by atoms with Gasteiger partial charge in [-0.1, -0.05) is 65.9 Å². The van der Waals surface area contributed by atoms with Crippen molar-refractivity contribution in [2.45, 2.75) is 6.92 Å². The minimum Gasteiger partial charge on any atom is -0.348 e. The zero-order valence-corrected chi connectivity index (χ0v) is 16.3. The van der Waals surface area contributed by atoms with Crippen molar-refractivity contribution in [3.8, 4) is 0 Å². The third-order valence-electron chi connectivity index (χ3n) is 5.32. The monoisotopic (exact) mass is 387 g/mol. The first-order chi connectivity index (χ1) is 14.6. The average molecular weight is 387 g/mol. The fourth-order valence-corrected chi connectivity index (χ4v) is 3.82. The summed E-state index contributed by atoms with van der Waals surface area (Å²) in [5.74, 6) is -0.986. The fraction of sp³-hybridized carbons (Fsp3) is 0.0370. The molecule has 142 valence electrons. The minimum absolute atomic E-state index is 0.429. The van der Waals surface area contributed by atoms with E-state index < -0.39 is 11.6 Å². The Morgan fingerprint density at radius 1 is 0.767 bits per heavy atom. The summed E-state index contributed by atoms with van der Waals surface area (Å²) in [7, 11) is 0. The van der Waals surface area contributed by atoms with Gasteiger partial charge in [0.2, 0.25) is 11.6 Å². The Balaban J connectivity index is 1.76. The molecule has 0 unspecified atom stereocenters. The molecule has 0 bridgehead atoms. The van der Waals surface area contributed by atoms with Gasteiger partial charge >= 0.3 is 0 Å². The lowest BCUT2D eigenvalue weighted by molar-refractivity contribution is -0.110. The Labute approximate surface area is 173 Å². The van der Waals surface area contributed by atoms with Gasteiger partial charge in [-0.05, 0) is 48.1 Å². The molecule has 0 fully saturated rings. The van der Waals surface area contributed by atoms with Crippen LogP contribution in [-0.2, 0) is 4.79 Å². The van der Waals surface area contributed by atoms with Gasteiger partial charge < -0.3 is 5.32 Å². The number of Topliss-reactive ketones (excluding diaryl/α,β-unsaturated/α-hetero) is 1. The van der Waals surface area contributed by atoms with Gasteiger partial charge in [-0.2, -0.15) is 0 Å². The molecular weight excluding hydrogens is 370 g/mol. The molecule has 0 aliphatic heterocycles. The Morgan fingerprint density at radius 2 is 1.47 bits per heavy atom. The van der Waals surface area contributed by atoms with Crippen LogP contribution in [0.2, 0.25) is 0 Å². The molecule has 2 aliphatic rings. The molecule has 0 saturated carbocycles. The van der Waals surface area contributed by atoms with Crippen LogP contribution in [0.25, 0.3) is 16.9 Å². The van der Waals surface area contributed by atoms with Crippen molar-refractivity contribution in [2.75, 3.05) is 5.32 Å². The van der Waals surface area contributed by atoms with E-state index in [0.717, 1.165) is 27.3 Å². The molecule has 0 saturated heterocycles. The van der Waals surface area contributed by atoms with Crippen molar-refractivity contribution in [2.24, 2.45) is 0 Å². The van der Waals surface area contributed by atoms with E-state index in [1.54, 1.807) is 12.1 Å². The van der Waals surface area contributed by atoms with E-state index in [4.69, 9.17) is 0 Å². The van der Waals surface area contributed by atoms with Crippen molar-refractivity contribution in [3.63, 3.8) is 0 Å². The quantitative estimate of drug-likeness (QED) is 0.552. The highest BCUT2D eigenvalue weighted by Gasteiger charge is 2.29. The molecule has 3 aromatic rings. The van der Waals surface area contributed by atoms with Crippen molar-refractivity contribution in [1.82, 2.24) is 0 Å². The van der Waals surface area contributed by atoms with Crippen molar-refractivity contribution in [1.29, 1.82) is 0 Å². The number of hydrogen-bond acceptors (Lipinski definition) is 3. The summed E-state index contributed by atoms with van der Waals surface area (Å²) >= 11 is 0. The summed E-state index contributed by atoms with van der Waals surface area (Å²) < 4.78 is 0. The van der Waals surface area contributed by atoms with Crippen LogP contribution in [0.15, 0.2) is 90.3 Å². The SMILES string of the molecule is Cc1ccc(NC2=C=C=c3ccccc3=C2C2=CC(=O)C(=O)c3ccccc32)cc1. The summed E-state index contributed by atoms with van der Waals surface area (Å²) in [4.78, 5) is 25.0. The minimum atomic E-state index is -0.512. The molecule has 0 atom stereocenters. The Morgan fingerprint density at radius 3 is 2.27 bits per heavy atom. The standard InChI is InChI=1S/C27H17NO2/c1-17-10-13-19(14-11-17)28-24-15-12-18-6-2-3-7-20(18)26(24)23-16-25(29)27(30)22-9-5-4-8-21(22)23/h2-11,13-14,16,28H,1H3. The van der Waals surface area contributed by atoms with E-state index >= 15 is 0 Å². The molecule has 2 aliphatic carbocycles. The zero-order chi connectivity index (χ0) is 20.7. The summed E-state index contributed by atoms with van der Waals surface area (Å²) in [6.45, 7) is 2.04. The largest absolute Gasteiger partial charge is 0.348 e. The van der Waals surface area contributed by atoms with Crippen LogP contribution in [0.5, 0.6) is 0 Å². The molecule has 30 heavy (non-hydrogen) atoms. The summed E-state index contributed by atoms with van der Waals surface area (Å²) in [6.07, 6.45) is 1.45. The van der Waals surface area contributed by atoms with Crippen molar-refractivity contribution >= 4 is 34.1 Å². The van der Waals surface area contributed by atoms with E-state index in [9.17, 15) is 9.59 Å². The number of aryl methyl sites for hydroxylation is 1. The lowest BCUT2D eigenvalue weighted by Gasteiger charge is -2.21. The van der Waals surface area contributed by atoms with E-state index in [2.05, 4.69) is 16.8 Å². The highest BCUT2D eigenvalue weighted by molar-refractivity contribution is 6.51.